The smallest absolute Gasteiger partial charge is 0.410 e. The lowest BCUT2D eigenvalue weighted by Crippen LogP contribution is -2.47. The molecule has 2 aliphatic heterocycles. The van der Waals surface area contributed by atoms with E-state index >= 15 is 0 Å². The molecule has 9 heteroatoms. The van der Waals surface area contributed by atoms with E-state index in [1.807, 2.05) is 25.7 Å². The Morgan fingerprint density at radius 1 is 1.16 bits per heavy atom. The molecule has 1 N–H and O–H groups in total. The molecule has 1 saturated heterocycles. The third-order valence-electron chi connectivity index (χ3n) is 6.22. The van der Waals surface area contributed by atoms with Crippen molar-refractivity contribution in [2.75, 3.05) is 26.3 Å². The zero-order valence-electron chi connectivity index (χ0n) is 19.3. The Morgan fingerprint density at radius 2 is 1.88 bits per heavy atom. The van der Waals surface area contributed by atoms with E-state index in [9.17, 15) is 9.59 Å². The van der Waals surface area contributed by atoms with Crippen LogP contribution in [-0.2, 0) is 4.74 Å². The molecule has 32 heavy (non-hydrogen) atoms. The lowest BCUT2D eigenvalue weighted by Gasteiger charge is -2.31. The van der Waals surface area contributed by atoms with Crippen LogP contribution in [0.1, 0.15) is 50.9 Å². The standard InChI is InChI=1S/C23H32N2O5.2H2S/c1-14-10-15-13-25(22(27)30-23(2,3)4)18(17(15)11-14)12-24-21(26)16-6-5-7-19-20(16)29-9-8-28-19;;/h5-7,14-15,17-18H,8-13H2,1-4H3,(H,24,26);2*1H2/t14?,15-,17-,18+;;/m0../s1. The fourth-order valence-electron chi connectivity index (χ4n) is 5.08. The molecule has 180 valence electrons. The number of benzene rings is 1. The van der Waals surface area contributed by atoms with Crippen LogP contribution in [0.5, 0.6) is 11.5 Å². The normalized spacial score (nSPS) is 25.8. The largest absolute Gasteiger partial charge is 0.486 e. The molecule has 2 heterocycles. The van der Waals surface area contributed by atoms with E-state index in [0.29, 0.717) is 61.1 Å². The van der Waals surface area contributed by atoms with Gasteiger partial charge in [0.1, 0.15) is 18.8 Å². The summed E-state index contributed by atoms with van der Waals surface area (Å²) in [7, 11) is 0. The molecule has 1 unspecified atom stereocenters. The second-order valence-electron chi connectivity index (χ2n) is 9.74. The lowest BCUT2D eigenvalue weighted by atomic mass is 9.93. The van der Waals surface area contributed by atoms with Crippen LogP contribution in [0.4, 0.5) is 4.79 Å². The van der Waals surface area contributed by atoms with Gasteiger partial charge in [0.2, 0.25) is 0 Å². The number of nitrogens with one attached hydrogen (secondary N) is 1. The molecule has 3 aliphatic rings. The third kappa shape index (κ3) is 5.60. The minimum Gasteiger partial charge on any atom is -0.486 e. The summed E-state index contributed by atoms with van der Waals surface area (Å²) in [6.07, 6.45) is 1.89. The van der Waals surface area contributed by atoms with E-state index < -0.39 is 5.60 Å². The number of ether oxygens (including phenoxy) is 3. The molecule has 2 amide bonds. The van der Waals surface area contributed by atoms with E-state index in [2.05, 4.69) is 12.2 Å². The van der Waals surface area contributed by atoms with Crippen LogP contribution in [0, 0.1) is 17.8 Å². The van der Waals surface area contributed by atoms with Crippen molar-refractivity contribution >= 4 is 39.0 Å². The van der Waals surface area contributed by atoms with Gasteiger partial charge >= 0.3 is 6.09 Å². The number of hydrogen-bond donors (Lipinski definition) is 1. The highest BCUT2D eigenvalue weighted by atomic mass is 32.1. The summed E-state index contributed by atoms with van der Waals surface area (Å²) in [6.45, 7) is 9.89. The van der Waals surface area contributed by atoms with Gasteiger partial charge in [-0.05, 0) is 63.5 Å². The van der Waals surface area contributed by atoms with Crippen LogP contribution in [-0.4, -0.2) is 54.8 Å². The van der Waals surface area contributed by atoms with Crippen LogP contribution in [0.2, 0.25) is 0 Å². The second kappa shape index (κ2) is 10.5. The molecular weight excluding hydrogens is 448 g/mol. The molecular formula is C23H36N2O5S2. The Bertz CT molecular complexity index is 829. The molecule has 0 radical (unpaired) electrons. The number of likely N-dealkylation sites (tertiary alicyclic amines) is 1. The monoisotopic (exact) mass is 484 g/mol. The Morgan fingerprint density at radius 3 is 2.59 bits per heavy atom. The van der Waals surface area contributed by atoms with Crippen LogP contribution in [0.3, 0.4) is 0 Å². The van der Waals surface area contributed by atoms with E-state index in [0.717, 1.165) is 12.8 Å². The van der Waals surface area contributed by atoms with E-state index in [4.69, 9.17) is 14.2 Å². The van der Waals surface area contributed by atoms with Gasteiger partial charge < -0.3 is 24.4 Å². The summed E-state index contributed by atoms with van der Waals surface area (Å²) >= 11 is 0. The molecule has 1 aromatic rings. The van der Waals surface area contributed by atoms with Crippen LogP contribution in [0.25, 0.3) is 0 Å². The van der Waals surface area contributed by atoms with Gasteiger partial charge in [-0.3, -0.25) is 4.79 Å². The molecule has 0 bridgehead atoms. The van der Waals surface area contributed by atoms with Gasteiger partial charge in [0.25, 0.3) is 5.91 Å². The molecule has 4 rings (SSSR count). The van der Waals surface area contributed by atoms with Gasteiger partial charge in [-0.15, -0.1) is 0 Å². The SMILES string of the molecule is CC1C[C@H]2CN(C(=O)OC(C)(C)C)[C@H](CNC(=O)c3cccc4c3OCCO4)[C@H]2C1.S.S. The van der Waals surface area contributed by atoms with E-state index in [1.165, 1.54) is 0 Å². The maximum Gasteiger partial charge on any atom is 0.410 e. The molecule has 2 fully saturated rings. The number of fused-ring (bicyclic) bond motifs is 2. The van der Waals surface area contributed by atoms with Gasteiger partial charge in [-0.25, -0.2) is 4.79 Å². The predicted molar refractivity (Wildman–Crippen MR) is 133 cm³/mol. The Labute approximate surface area is 204 Å². The highest BCUT2D eigenvalue weighted by Crippen LogP contribution is 2.45. The third-order valence-corrected chi connectivity index (χ3v) is 6.22. The van der Waals surface area contributed by atoms with Gasteiger partial charge in [0.15, 0.2) is 11.5 Å². The first-order chi connectivity index (χ1) is 14.2. The lowest BCUT2D eigenvalue weighted by molar-refractivity contribution is 0.0196. The minimum absolute atomic E-state index is 0. The maximum absolute atomic E-state index is 13.0. The fourth-order valence-corrected chi connectivity index (χ4v) is 5.08. The first kappa shape index (κ1) is 26.5. The number of para-hydroxylation sites is 1. The summed E-state index contributed by atoms with van der Waals surface area (Å²) in [5, 5.41) is 3.04. The van der Waals surface area contributed by atoms with Crippen molar-refractivity contribution < 1.29 is 23.8 Å². The molecule has 1 aliphatic carbocycles. The topological polar surface area (TPSA) is 77.1 Å². The summed E-state index contributed by atoms with van der Waals surface area (Å²) in [5.74, 6) is 2.37. The quantitative estimate of drug-likeness (QED) is 0.708. The molecule has 0 aromatic heterocycles. The second-order valence-corrected chi connectivity index (χ2v) is 9.74. The number of amides is 2. The van der Waals surface area contributed by atoms with Crippen molar-refractivity contribution in [3.63, 3.8) is 0 Å². The fraction of sp³-hybridized carbons (Fsp3) is 0.652. The first-order valence-corrected chi connectivity index (χ1v) is 10.9. The first-order valence-electron chi connectivity index (χ1n) is 10.9. The van der Waals surface area contributed by atoms with Crippen LogP contribution in [0.15, 0.2) is 18.2 Å². The molecule has 0 spiro atoms. The van der Waals surface area contributed by atoms with Crippen molar-refractivity contribution in [3.8, 4) is 11.5 Å². The number of carbonyl (C=O) groups excluding carboxylic acids is 2. The predicted octanol–water partition coefficient (Wildman–Crippen LogP) is 3.69. The van der Waals surface area contributed by atoms with Crippen molar-refractivity contribution in [2.45, 2.75) is 52.2 Å². The number of nitrogens with zero attached hydrogens (tertiary/aromatic N) is 1. The van der Waals surface area contributed by atoms with E-state index in [-0.39, 0.29) is 45.0 Å². The average molecular weight is 485 g/mol. The molecule has 4 atom stereocenters. The van der Waals surface area contributed by atoms with Gasteiger partial charge in [0, 0.05) is 13.1 Å². The Balaban J connectivity index is 0.00000181. The van der Waals surface area contributed by atoms with E-state index in [1.54, 1.807) is 18.2 Å². The maximum atomic E-state index is 13.0. The van der Waals surface area contributed by atoms with Crippen molar-refractivity contribution in [3.05, 3.63) is 23.8 Å². The number of hydrogen-bond acceptors (Lipinski definition) is 5. The van der Waals surface area contributed by atoms with Crippen molar-refractivity contribution in [1.82, 2.24) is 10.2 Å². The zero-order chi connectivity index (χ0) is 21.5. The summed E-state index contributed by atoms with van der Waals surface area (Å²) in [5.41, 5.74) is -0.0820. The molecule has 1 aromatic carbocycles. The minimum atomic E-state index is -0.545. The Hall–Kier alpha value is -1.74. The van der Waals surface area contributed by atoms with Gasteiger partial charge in [-0.2, -0.15) is 27.0 Å². The number of carbonyl (C=O) groups is 2. The molecule has 7 nitrogen and oxygen atoms in total. The van der Waals surface area contributed by atoms with Gasteiger partial charge in [0.05, 0.1) is 11.6 Å². The summed E-state index contributed by atoms with van der Waals surface area (Å²) in [6, 6.07) is 5.27. The average Bonchev–Trinajstić information content (AvgIpc) is 3.20. The van der Waals surface area contributed by atoms with Crippen molar-refractivity contribution in [1.29, 1.82) is 0 Å². The Kier molecular flexibility index (Phi) is 8.67. The highest BCUT2D eigenvalue weighted by molar-refractivity contribution is 7.59. The van der Waals surface area contributed by atoms with Crippen LogP contribution >= 0.6 is 27.0 Å². The van der Waals surface area contributed by atoms with Crippen LogP contribution < -0.4 is 14.8 Å². The van der Waals surface area contributed by atoms with Crippen molar-refractivity contribution in [2.24, 2.45) is 17.8 Å². The summed E-state index contributed by atoms with van der Waals surface area (Å²) in [4.78, 5) is 27.6. The highest BCUT2D eigenvalue weighted by Gasteiger charge is 2.49. The summed E-state index contributed by atoms with van der Waals surface area (Å²) < 4.78 is 16.9. The zero-order valence-corrected chi connectivity index (χ0v) is 21.3. The molecule has 1 saturated carbocycles. The van der Waals surface area contributed by atoms with Gasteiger partial charge in [-0.1, -0.05) is 13.0 Å². The number of rotatable bonds is 3.